The zero-order chi connectivity index (χ0) is 12.9. The van der Waals surface area contributed by atoms with Crippen molar-refractivity contribution < 1.29 is 0 Å². The molecule has 17 heavy (non-hydrogen) atoms. The Bertz CT molecular complexity index is 358. The summed E-state index contributed by atoms with van der Waals surface area (Å²) in [4.78, 5) is 1.34. The fourth-order valence-electron chi connectivity index (χ4n) is 1.35. The number of hydrogen-bond donors (Lipinski definition) is 1. The van der Waals surface area contributed by atoms with Gasteiger partial charge in [-0.2, -0.15) is 0 Å². The van der Waals surface area contributed by atoms with Gasteiger partial charge in [-0.3, -0.25) is 0 Å². The molecule has 0 aliphatic rings. The predicted octanol–water partition coefficient (Wildman–Crippen LogP) is 4.84. The van der Waals surface area contributed by atoms with E-state index >= 15 is 0 Å². The zero-order valence-corrected chi connectivity index (χ0v) is 13.5. The minimum atomic E-state index is 0.169. The Kier molecular flexibility index (Phi) is 6.04. The van der Waals surface area contributed by atoms with E-state index in [1.165, 1.54) is 27.1 Å². The Hall–Kier alpha value is 0.01000. The van der Waals surface area contributed by atoms with Crippen molar-refractivity contribution in [3.63, 3.8) is 0 Å². The van der Waals surface area contributed by atoms with Crippen molar-refractivity contribution in [1.82, 2.24) is 5.32 Å². The van der Waals surface area contributed by atoms with Gasteiger partial charge in [-0.05, 0) is 66.6 Å². The highest BCUT2D eigenvalue weighted by molar-refractivity contribution is 9.10. The molecule has 0 heterocycles. The number of halogens is 1. The standard InChI is InChI=1S/C14H22BrNS/c1-5-8-17-13-7-6-11(9-12(13)15)10-16-14(2,3)4/h6-7,9,16H,5,8,10H2,1-4H3. The quantitative estimate of drug-likeness (QED) is 0.780. The van der Waals surface area contributed by atoms with Crippen molar-refractivity contribution in [2.45, 2.75) is 51.1 Å². The maximum absolute atomic E-state index is 3.65. The lowest BCUT2D eigenvalue weighted by molar-refractivity contribution is 0.424. The van der Waals surface area contributed by atoms with E-state index in [4.69, 9.17) is 0 Å². The van der Waals surface area contributed by atoms with Crippen LogP contribution in [0.1, 0.15) is 39.7 Å². The molecule has 0 fully saturated rings. The fraction of sp³-hybridized carbons (Fsp3) is 0.571. The van der Waals surface area contributed by atoms with Crippen molar-refractivity contribution >= 4 is 27.7 Å². The van der Waals surface area contributed by atoms with Gasteiger partial charge >= 0.3 is 0 Å². The summed E-state index contributed by atoms with van der Waals surface area (Å²) in [6.45, 7) is 9.69. The zero-order valence-electron chi connectivity index (χ0n) is 11.1. The average Bonchev–Trinajstić information content (AvgIpc) is 2.24. The third kappa shape index (κ3) is 5.94. The van der Waals surface area contributed by atoms with Crippen LogP contribution in [0.15, 0.2) is 27.6 Å². The molecule has 1 aromatic rings. The molecule has 0 aromatic heterocycles. The molecule has 0 bridgehead atoms. The molecule has 0 saturated carbocycles. The van der Waals surface area contributed by atoms with Gasteiger partial charge in [0.2, 0.25) is 0 Å². The molecular weight excluding hydrogens is 294 g/mol. The topological polar surface area (TPSA) is 12.0 Å². The lowest BCUT2D eigenvalue weighted by Crippen LogP contribution is -2.35. The molecule has 0 amide bonds. The highest BCUT2D eigenvalue weighted by Crippen LogP contribution is 2.28. The summed E-state index contributed by atoms with van der Waals surface area (Å²) in [7, 11) is 0. The Morgan fingerprint density at radius 1 is 1.29 bits per heavy atom. The number of rotatable bonds is 5. The second-order valence-corrected chi connectivity index (χ2v) is 7.21. The SMILES string of the molecule is CCCSc1ccc(CNC(C)(C)C)cc1Br. The maximum Gasteiger partial charge on any atom is 0.0314 e. The fourth-order valence-corrected chi connectivity index (χ4v) is 2.91. The smallest absolute Gasteiger partial charge is 0.0314 e. The highest BCUT2D eigenvalue weighted by Gasteiger charge is 2.09. The lowest BCUT2D eigenvalue weighted by Gasteiger charge is -2.20. The molecular formula is C14H22BrNS. The van der Waals surface area contributed by atoms with Gasteiger partial charge in [0, 0.05) is 21.5 Å². The van der Waals surface area contributed by atoms with Crippen LogP contribution in [0.3, 0.4) is 0 Å². The molecule has 0 aliphatic carbocycles. The molecule has 0 saturated heterocycles. The monoisotopic (exact) mass is 315 g/mol. The molecule has 0 aliphatic heterocycles. The van der Waals surface area contributed by atoms with Gasteiger partial charge in [0.1, 0.15) is 0 Å². The lowest BCUT2D eigenvalue weighted by atomic mass is 10.1. The minimum Gasteiger partial charge on any atom is -0.308 e. The Balaban J connectivity index is 2.62. The Morgan fingerprint density at radius 2 is 2.00 bits per heavy atom. The molecule has 1 N–H and O–H groups in total. The van der Waals surface area contributed by atoms with Gasteiger partial charge < -0.3 is 5.32 Å². The molecule has 0 atom stereocenters. The first-order chi connectivity index (χ1) is 7.92. The van der Waals surface area contributed by atoms with E-state index in [-0.39, 0.29) is 5.54 Å². The van der Waals surface area contributed by atoms with Crippen LogP contribution in [0.2, 0.25) is 0 Å². The first-order valence-corrected chi connectivity index (χ1v) is 7.86. The van der Waals surface area contributed by atoms with Crippen LogP contribution in [0.5, 0.6) is 0 Å². The second kappa shape index (κ2) is 6.81. The van der Waals surface area contributed by atoms with Crippen LogP contribution < -0.4 is 5.32 Å². The van der Waals surface area contributed by atoms with Crippen molar-refractivity contribution in [1.29, 1.82) is 0 Å². The normalized spacial score (nSPS) is 11.8. The number of benzene rings is 1. The van der Waals surface area contributed by atoms with Crippen LogP contribution in [0, 0.1) is 0 Å². The highest BCUT2D eigenvalue weighted by atomic mass is 79.9. The Labute approximate surface area is 118 Å². The summed E-state index contributed by atoms with van der Waals surface area (Å²) < 4.78 is 1.21. The summed E-state index contributed by atoms with van der Waals surface area (Å²) in [6.07, 6.45) is 1.21. The number of nitrogens with one attached hydrogen (secondary N) is 1. The van der Waals surface area contributed by atoms with Crippen LogP contribution in [0.4, 0.5) is 0 Å². The van der Waals surface area contributed by atoms with E-state index in [0.717, 1.165) is 6.54 Å². The van der Waals surface area contributed by atoms with Crippen LogP contribution in [0.25, 0.3) is 0 Å². The molecule has 0 radical (unpaired) electrons. The van der Waals surface area contributed by atoms with E-state index in [2.05, 4.69) is 67.1 Å². The first-order valence-electron chi connectivity index (χ1n) is 6.08. The first kappa shape index (κ1) is 15.1. The molecule has 0 spiro atoms. The van der Waals surface area contributed by atoms with Crippen molar-refractivity contribution in [2.75, 3.05) is 5.75 Å². The van der Waals surface area contributed by atoms with Gasteiger partial charge in [0.15, 0.2) is 0 Å². The molecule has 1 nitrogen and oxygen atoms in total. The van der Waals surface area contributed by atoms with Crippen molar-refractivity contribution in [2.24, 2.45) is 0 Å². The number of hydrogen-bond acceptors (Lipinski definition) is 2. The molecule has 96 valence electrons. The van der Waals surface area contributed by atoms with Crippen LogP contribution in [-0.4, -0.2) is 11.3 Å². The van der Waals surface area contributed by atoms with E-state index in [1.54, 1.807) is 0 Å². The van der Waals surface area contributed by atoms with Crippen LogP contribution in [-0.2, 0) is 6.54 Å². The molecule has 3 heteroatoms. The summed E-state index contributed by atoms with van der Waals surface area (Å²) >= 11 is 5.56. The number of thioether (sulfide) groups is 1. The average molecular weight is 316 g/mol. The summed E-state index contributed by atoms with van der Waals surface area (Å²) in [6, 6.07) is 6.64. The van der Waals surface area contributed by atoms with Gasteiger partial charge in [-0.1, -0.05) is 13.0 Å². The van der Waals surface area contributed by atoms with Crippen molar-refractivity contribution in [3.05, 3.63) is 28.2 Å². The van der Waals surface area contributed by atoms with Crippen LogP contribution >= 0.6 is 27.7 Å². The maximum atomic E-state index is 3.65. The van der Waals surface area contributed by atoms with Gasteiger partial charge in [-0.25, -0.2) is 0 Å². The third-order valence-corrected chi connectivity index (χ3v) is 4.48. The molecule has 1 aromatic carbocycles. The minimum absolute atomic E-state index is 0.169. The molecule has 1 rings (SSSR count). The Morgan fingerprint density at radius 3 is 2.53 bits per heavy atom. The van der Waals surface area contributed by atoms with Gasteiger partial charge in [0.05, 0.1) is 0 Å². The van der Waals surface area contributed by atoms with E-state index in [1.807, 2.05) is 11.8 Å². The van der Waals surface area contributed by atoms with Crippen molar-refractivity contribution in [3.8, 4) is 0 Å². The van der Waals surface area contributed by atoms with E-state index < -0.39 is 0 Å². The van der Waals surface area contributed by atoms with E-state index in [9.17, 15) is 0 Å². The van der Waals surface area contributed by atoms with E-state index in [0.29, 0.717) is 0 Å². The van der Waals surface area contributed by atoms with Gasteiger partial charge in [0.25, 0.3) is 0 Å². The molecule has 0 unspecified atom stereocenters. The summed E-state index contributed by atoms with van der Waals surface area (Å²) in [5.41, 5.74) is 1.50. The third-order valence-electron chi connectivity index (χ3n) is 2.28. The summed E-state index contributed by atoms with van der Waals surface area (Å²) in [5.74, 6) is 1.18. The second-order valence-electron chi connectivity index (χ2n) is 5.22. The largest absolute Gasteiger partial charge is 0.308 e. The van der Waals surface area contributed by atoms with Gasteiger partial charge in [-0.15, -0.1) is 11.8 Å². The predicted molar refractivity (Wildman–Crippen MR) is 81.7 cm³/mol. The summed E-state index contributed by atoms with van der Waals surface area (Å²) in [5, 5.41) is 3.50.